The van der Waals surface area contributed by atoms with Gasteiger partial charge in [0.05, 0.1) is 0 Å². The number of likely N-dealkylation sites (tertiary alicyclic amines) is 2. The largest absolute Gasteiger partial charge is 0.316 e. The zero-order chi connectivity index (χ0) is 13.3. The summed E-state index contributed by atoms with van der Waals surface area (Å²) in [6.07, 6.45) is 8.35. The molecule has 0 aromatic heterocycles. The van der Waals surface area contributed by atoms with Crippen molar-refractivity contribution < 1.29 is 0 Å². The van der Waals surface area contributed by atoms with E-state index in [1.807, 2.05) is 0 Å². The topological polar surface area (TPSA) is 18.5 Å². The quantitative estimate of drug-likeness (QED) is 0.713. The smallest absolute Gasteiger partial charge is 0.0109 e. The Morgan fingerprint density at radius 3 is 2.16 bits per heavy atom. The molecular formula is C16H33N3. The van der Waals surface area contributed by atoms with Crippen LogP contribution in [0, 0.1) is 5.92 Å². The summed E-state index contributed by atoms with van der Waals surface area (Å²) in [4.78, 5) is 5.35. The molecule has 2 saturated heterocycles. The minimum absolute atomic E-state index is 0.929. The van der Waals surface area contributed by atoms with E-state index < -0.39 is 0 Å². The maximum absolute atomic E-state index is 3.58. The van der Waals surface area contributed by atoms with Gasteiger partial charge in [-0.05, 0) is 77.3 Å². The molecule has 0 bridgehead atoms. The first-order valence-electron chi connectivity index (χ1n) is 8.54. The van der Waals surface area contributed by atoms with Crippen molar-refractivity contribution >= 4 is 0 Å². The molecule has 2 heterocycles. The fraction of sp³-hybridized carbons (Fsp3) is 1.00. The van der Waals surface area contributed by atoms with E-state index in [2.05, 4.69) is 22.0 Å². The summed E-state index contributed by atoms with van der Waals surface area (Å²) in [5, 5.41) is 3.58. The molecule has 2 rings (SSSR count). The Labute approximate surface area is 119 Å². The van der Waals surface area contributed by atoms with Gasteiger partial charge in [-0.25, -0.2) is 0 Å². The van der Waals surface area contributed by atoms with Crippen LogP contribution in [0.15, 0.2) is 0 Å². The molecule has 112 valence electrons. The summed E-state index contributed by atoms with van der Waals surface area (Å²) in [6.45, 7) is 12.6. The van der Waals surface area contributed by atoms with Crippen LogP contribution in [0.25, 0.3) is 0 Å². The zero-order valence-corrected chi connectivity index (χ0v) is 12.9. The van der Waals surface area contributed by atoms with Crippen LogP contribution in [0.4, 0.5) is 0 Å². The first-order chi connectivity index (χ1) is 9.38. The van der Waals surface area contributed by atoms with Gasteiger partial charge in [0.1, 0.15) is 0 Å². The van der Waals surface area contributed by atoms with Gasteiger partial charge in [-0.1, -0.05) is 13.3 Å². The van der Waals surface area contributed by atoms with Crippen molar-refractivity contribution in [2.45, 2.75) is 45.4 Å². The fourth-order valence-electron chi connectivity index (χ4n) is 3.36. The number of nitrogens with one attached hydrogen (secondary N) is 1. The Morgan fingerprint density at radius 1 is 0.895 bits per heavy atom. The molecule has 0 aliphatic carbocycles. The average molecular weight is 267 g/mol. The summed E-state index contributed by atoms with van der Waals surface area (Å²) in [5.41, 5.74) is 0. The molecule has 0 radical (unpaired) electrons. The Hall–Kier alpha value is -0.120. The van der Waals surface area contributed by atoms with Crippen LogP contribution >= 0.6 is 0 Å². The normalized spacial score (nSPS) is 23.8. The summed E-state index contributed by atoms with van der Waals surface area (Å²) in [6, 6.07) is 0. The van der Waals surface area contributed by atoms with E-state index in [4.69, 9.17) is 0 Å². The van der Waals surface area contributed by atoms with E-state index in [1.54, 1.807) is 0 Å². The maximum atomic E-state index is 3.58. The molecule has 19 heavy (non-hydrogen) atoms. The molecule has 2 aliphatic heterocycles. The molecule has 0 saturated carbocycles. The van der Waals surface area contributed by atoms with Crippen LogP contribution in [0.3, 0.4) is 0 Å². The van der Waals surface area contributed by atoms with Gasteiger partial charge in [0.15, 0.2) is 0 Å². The van der Waals surface area contributed by atoms with Gasteiger partial charge in [-0.3, -0.25) is 0 Å². The predicted molar refractivity (Wildman–Crippen MR) is 82.6 cm³/mol. The Kier molecular flexibility index (Phi) is 7.18. The zero-order valence-electron chi connectivity index (χ0n) is 12.9. The minimum Gasteiger partial charge on any atom is -0.316 e. The van der Waals surface area contributed by atoms with Gasteiger partial charge in [-0.2, -0.15) is 0 Å². The highest BCUT2D eigenvalue weighted by Crippen LogP contribution is 2.16. The van der Waals surface area contributed by atoms with Crippen LogP contribution < -0.4 is 5.32 Å². The molecule has 0 aromatic rings. The van der Waals surface area contributed by atoms with E-state index in [9.17, 15) is 0 Å². The first kappa shape index (κ1) is 15.3. The lowest BCUT2D eigenvalue weighted by Gasteiger charge is -2.34. The summed E-state index contributed by atoms with van der Waals surface area (Å²) >= 11 is 0. The number of rotatable bonds is 7. The monoisotopic (exact) mass is 267 g/mol. The van der Waals surface area contributed by atoms with E-state index in [0.717, 1.165) is 5.92 Å². The lowest BCUT2D eigenvalue weighted by molar-refractivity contribution is 0.145. The maximum Gasteiger partial charge on any atom is 0.0109 e. The second-order valence-electron chi connectivity index (χ2n) is 6.39. The Balaban J connectivity index is 1.53. The SMILES string of the molecule is CCCNCC1CCN(CCN2CCCCC2)CC1. The highest BCUT2D eigenvalue weighted by atomic mass is 15.2. The standard InChI is InChI=1S/C16H33N3/c1-2-8-17-15-16-6-11-19(12-7-16)14-13-18-9-4-3-5-10-18/h16-17H,2-15H2,1H3. The highest BCUT2D eigenvalue weighted by Gasteiger charge is 2.19. The van der Waals surface area contributed by atoms with Gasteiger partial charge in [0, 0.05) is 13.1 Å². The van der Waals surface area contributed by atoms with Crippen LogP contribution in [0.5, 0.6) is 0 Å². The molecule has 2 aliphatic rings. The van der Waals surface area contributed by atoms with E-state index in [-0.39, 0.29) is 0 Å². The molecule has 0 amide bonds. The van der Waals surface area contributed by atoms with Crippen LogP contribution in [-0.2, 0) is 0 Å². The van der Waals surface area contributed by atoms with Gasteiger partial charge >= 0.3 is 0 Å². The third-order valence-corrected chi connectivity index (χ3v) is 4.75. The van der Waals surface area contributed by atoms with Gasteiger partial charge < -0.3 is 15.1 Å². The van der Waals surface area contributed by atoms with E-state index in [1.165, 1.54) is 90.9 Å². The number of piperidine rings is 2. The van der Waals surface area contributed by atoms with Crippen LogP contribution in [0.2, 0.25) is 0 Å². The fourth-order valence-corrected chi connectivity index (χ4v) is 3.36. The van der Waals surface area contributed by atoms with Crippen molar-refractivity contribution in [3.8, 4) is 0 Å². The molecule has 0 unspecified atom stereocenters. The number of hydrogen-bond acceptors (Lipinski definition) is 3. The molecule has 0 atom stereocenters. The molecule has 1 N–H and O–H groups in total. The van der Waals surface area contributed by atoms with E-state index in [0.29, 0.717) is 0 Å². The van der Waals surface area contributed by atoms with Gasteiger partial charge in [0.2, 0.25) is 0 Å². The second kappa shape index (κ2) is 8.93. The Morgan fingerprint density at radius 2 is 1.53 bits per heavy atom. The first-order valence-corrected chi connectivity index (χ1v) is 8.54. The summed E-state index contributed by atoms with van der Waals surface area (Å²) < 4.78 is 0. The van der Waals surface area contributed by atoms with Crippen molar-refractivity contribution in [1.29, 1.82) is 0 Å². The van der Waals surface area contributed by atoms with Crippen molar-refractivity contribution in [1.82, 2.24) is 15.1 Å². The van der Waals surface area contributed by atoms with Crippen LogP contribution in [-0.4, -0.2) is 62.2 Å². The molecule has 3 heteroatoms. The molecule has 2 fully saturated rings. The number of nitrogens with zero attached hydrogens (tertiary/aromatic N) is 2. The van der Waals surface area contributed by atoms with Crippen molar-refractivity contribution in [3.05, 3.63) is 0 Å². The van der Waals surface area contributed by atoms with E-state index >= 15 is 0 Å². The van der Waals surface area contributed by atoms with Crippen molar-refractivity contribution in [2.24, 2.45) is 5.92 Å². The molecule has 3 nitrogen and oxygen atoms in total. The van der Waals surface area contributed by atoms with Gasteiger partial charge in [0.25, 0.3) is 0 Å². The van der Waals surface area contributed by atoms with Crippen LogP contribution in [0.1, 0.15) is 45.4 Å². The second-order valence-corrected chi connectivity index (χ2v) is 6.39. The predicted octanol–water partition coefficient (Wildman–Crippen LogP) is 2.18. The Bertz CT molecular complexity index is 218. The lowest BCUT2D eigenvalue weighted by atomic mass is 9.97. The number of hydrogen-bond donors (Lipinski definition) is 1. The molecule has 0 spiro atoms. The van der Waals surface area contributed by atoms with Crippen molar-refractivity contribution in [3.63, 3.8) is 0 Å². The lowest BCUT2D eigenvalue weighted by Crippen LogP contribution is -2.42. The van der Waals surface area contributed by atoms with Crippen molar-refractivity contribution in [2.75, 3.05) is 52.4 Å². The summed E-state index contributed by atoms with van der Waals surface area (Å²) in [7, 11) is 0. The average Bonchev–Trinajstić information content (AvgIpc) is 2.48. The third-order valence-electron chi connectivity index (χ3n) is 4.75. The van der Waals surface area contributed by atoms with Gasteiger partial charge in [-0.15, -0.1) is 0 Å². The summed E-state index contributed by atoms with van der Waals surface area (Å²) in [5.74, 6) is 0.929. The highest BCUT2D eigenvalue weighted by molar-refractivity contribution is 4.75. The minimum atomic E-state index is 0.929. The molecular weight excluding hydrogens is 234 g/mol. The molecule has 0 aromatic carbocycles. The third kappa shape index (κ3) is 5.80.